The summed E-state index contributed by atoms with van der Waals surface area (Å²) in [6, 6.07) is 0.199. The highest BCUT2D eigenvalue weighted by Gasteiger charge is 2.31. The number of hydrogen-bond acceptors (Lipinski definition) is 4. The molecule has 22 heavy (non-hydrogen) atoms. The smallest absolute Gasteiger partial charge is 0.311 e. The molecule has 2 rings (SSSR count). The van der Waals surface area contributed by atoms with Crippen molar-refractivity contribution in [2.24, 2.45) is 0 Å². The van der Waals surface area contributed by atoms with Crippen molar-refractivity contribution in [1.29, 1.82) is 0 Å². The molecular weight excluding hydrogens is 284 g/mol. The van der Waals surface area contributed by atoms with Crippen LogP contribution in [0.1, 0.15) is 26.7 Å². The monoisotopic (exact) mass is 310 g/mol. The van der Waals surface area contributed by atoms with E-state index in [1.165, 1.54) is 0 Å². The number of carbonyl (C=O) groups is 3. The van der Waals surface area contributed by atoms with Gasteiger partial charge in [0.15, 0.2) is 0 Å². The van der Waals surface area contributed by atoms with E-state index in [9.17, 15) is 14.4 Å². The molecular formula is C15H26N4O3. The minimum absolute atomic E-state index is 0.122. The molecule has 0 spiro atoms. The largest absolute Gasteiger partial charge is 0.345 e. The first-order valence-electron chi connectivity index (χ1n) is 8.15. The van der Waals surface area contributed by atoms with E-state index < -0.39 is 11.8 Å². The first-order chi connectivity index (χ1) is 10.5. The van der Waals surface area contributed by atoms with E-state index in [0.717, 1.165) is 25.9 Å². The van der Waals surface area contributed by atoms with Gasteiger partial charge in [-0.3, -0.25) is 19.3 Å². The topological polar surface area (TPSA) is 73.0 Å². The fraction of sp³-hybridized carbons (Fsp3) is 0.800. The summed E-state index contributed by atoms with van der Waals surface area (Å²) in [7, 11) is 0. The summed E-state index contributed by atoms with van der Waals surface area (Å²) in [6.45, 7) is 8.03. The second-order valence-corrected chi connectivity index (χ2v) is 5.88. The lowest BCUT2D eigenvalue weighted by Gasteiger charge is -2.34. The maximum absolute atomic E-state index is 12.1. The number of carbonyl (C=O) groups excluding carboxylic acids is 3. The van der Waals surface area contributed by atoms with Crippen molar-refractivity contribution in [3.05, 3.63) is 0 Å². The van der Waals surface area contributed by atoms with Crippen LogP contribution in [0, 0.1) is 0 Å². The van der Waals surface area contributed by atoms with Crippen LogP contribution in [0.5, 0.6) is 0 Å². The van der Waals surface area contributed by atoms with Gasteiger partial charge in [-0.25, -0.2) is 0 Å². The summed E-state index contributed by atoms with van der Waals surface area (Å²) in [5, 5.41) is 2.72. The van der Waals surface area contributed by atoms with Crippen molar-refractivity contribution in [1.82, 2.24) is 20.0 Å². The van der Waals surface area contributed by atoms with Crippen molar-refractivity contribution in [3.8, 4) is 0 Å². The third kappa shape index (κ3) is 4.43. The second kappa shape index (κ2) is 7.58. The molecule has 2 aliphatic rings. The second-order valence-electron chi connectivity index (χ2n) is 5.88. The molecule has 1 aliphatic carbocycles. The van der Waals surface area contributed by atoms with E-state index in [0.29, 0.717) is 32.7 Å². The van der Waals surface area contributed by atoms with Crippen LogP contribution in [0.15, 0.2) is 0 Å². The standard InChI is InChI=1S/C15H26N4O3/c1-3-18(4-2)13(20)11-17-7-9-19(10-8-17)15(22)14(21)16-12-5-6-12/h12H,3-11H2,1-2H3,(H,16,21). The lowest BCUT2D eigenvalue weighted by molar-refractivity contribution is -0.147. The normalized spacial score (nSPS) is 18.9. The Labute approximate surface area is 131 Å². The highest BCUT2D eigenvalue weighted by atomic mass is 16.2. The molecule has 1 aliphatic heterocycles. The Balaban J connectivity index is 1.73. The van der Waals surface area contributed by atoms with Gasteiger partial charge >= 0.3 is 11.8 Å². The van der Waals surface area contributed by atoms with E-state index in [4.69, 9.17) is 0 Å². The third-order valence-electron chi connectivity index (χ3n) is 4.24. The summed E-state index contributed by atoms with van der Waals surface area (Å²) in [5.74, 6) is -0.812. The fourth-order valence-corrected chi connectivity index (χ4v) is 2.60. The summed E-state index contributed by atoms with van der Waals surface area (Å²) < 4.78 is 0. The van der Waals surface area contributed by atoms with Crippen LogP contribution in [0.3, 0.4) is 0 Å². The van der Waals surface area contributed by atoms with Gasteiger partial charge in [0.25, 0.3) is 0 Å². The molecule has 1 N–H and O–H groups in total. The van der Waals surface area contributed by atoms with Crippen LogP contribution in [0.4, 0.5) is 0 Å². The average Bonchev–Trinajstić information content (AvgIpc) is 3.32. The zero-order valence-electron chi connectivity index (χ0n) is 13.5. The van der Waals surface area contributed by atoms with Gasteiger partial charge in [-0.15, -0.1) is 0 Å². The molecule has 0 aromatic heterocycles. The molecule has 124 valence electrons. The number of piperazine rings is 1. The number of nitrogens with zero attached hydrogens (tertiary/aromatic N) is 3. The van der Waals surface area contributed by atoms with Gasteiger partial charge in [-0.05, 0) is 26.7 Å². The van der Waals surface area contributed by atoms with Crippen molar-refractivity contribution in [2.45, 2.75) is 32.7 Å². The lowest BCUT2D eigenvalue weighted by Crippen LogP contribution is -2.54. The van der Waals surface area contributed by atoms with Crippen molar-refractivity contribution in [2.75, 3.05) is 45.8 Å². The first-order valence-corrected chi connectivity index (χ1v) is 8.15. The Kier molecular flexibility index (Phi) is 5.76. The summed E-state index contributed by atoms with van der Waals surface area (Å²) in [6.07, 6.45) is 1.94. The number of likely N-dealkylation sites (N-methyl/N-ethyl adjacent to an activating group) is 1. The molecule has 1 heterocycles. The fourth-order valence-electron chi connectivity index (χ4n) is 2.60. The Bertz CT molecular complexity index is 425. The number of amides is 3. The summed E-state index contributed by atoms with van der Waals surface area (Å²) >= 11 is 0. The Morgan fingerprint density at radius 1 is 1.05 bits per heavy atom. The molecule has 7 nitrogen and oxygen atoms in total. The molecule has 0 aromatic carbocycles. The predicted molar refractivity (Wildman–Crippen MR) is 82.1 cm³/mol. The van der Waals surface area contributed by atoms with E-state index >= 15 is 0 Å². The van der Waals surface area contributed by atoms with Gasteiger partial charge in [0, 0.05) is 45.3 Å². The van der Waals surface area contributed by atoms with Crippen LogP contribution in [0.2, 0.25) is 0 Å². The van der Waals surface area contributed by atoms with Gasteiger partial charge in [0.1, 0.15) is 0 Å². The van der Waals surface area contributed by atoms with E-state index in [1.54, 1.807) is 9.80 Å². The molecule has 2 fully saturated rings. The molecule has 1 saturated heterocycles. The van der Waals surface area contributed by atoms with Crippen molar-refractivity contribution >= 4 is 17.7 Å². The quantitative estimate of drug-likeness (QED) is 0.680. The number of rotatable bonds is 5. The maximum atomic E-state index is 12.1. The zero-order chi connectivity index (χ0) is 16.1. The van der Waals surface area contributed by atoms with Gasteiger partial charge in [0.05, 0.1) is 6.54 Å². The van der Waals surface area contributed by atoms with Crippen LogP contribution in [-0.2, 0) is 14.4 Å². The SMILES string of the molecule is CCN(CC)C(=O)CN1CCN(C(=O)C(=O)NC2CC2)CC1. The summed E-state index contributed by atoms with van der Waals surface area (Å²) in [4.78, 5) is 41.2. The summed E-state index contributed by atoms with van der Waals surface area (Å²) in [5.41, 5.74) is 0. The minimum atomic E-state index is -0.491. The number of hydrogen-bond donors (Lipinski definition) is 1. The highest BCUT2D eigenvalue weighted by molar-refractivity contribution is 6.35. The van der Waals surface area contributed by atoms with Crippen molar-refractivity contribution < 1.29 is 14.4 Å². The minimum Gasteiger partial charge on any atom is -0.345 e. The zero-order valence-corrected chi connectivity index (χ0v) is 13.5. The Hall–Kier alpha value is -1.63. The van der Waals surface area contributed by atoms with Gasteiger partial charge in [0.2, 0.25) is 5.91 Å². The maximum Gasteiger partial charge on any atom is 0.311 e. The predicted octanol–water partition coefficient (Wildman–Crippen LogP) is -0.722. The van der Waals surface area contributed by atoms with E-state index in [-0.39, 0.29) is 11.9 Å². The Morgan fingerprint density at radius 3 is 2.14 bits per heavy atom. The molecule has 0 bridgehead atoms. The van der Waals surface area contributed by atoms with E-state index in [1.807, 2.05) is 18.7 Å². The molecule has 0 aromatic rings. The first kappa shape index (κ1) is 16.7. The van der Waals surface area contributed by atoms with Gasteiger partial charge in [-0.1, -0.05) is 0 Å². The molecule has 1 saturated carbocycles. The lowest BCUT2D eigenvalue weighted by atomic mass is 10.3. The third-order valence-corrected chi connectivity index (χ3v) is 4.24. The van der Waals surface area contributed by atoms with Crippen LogP contribution < -0.4 is 5.32 Å². The van der Waals surface area contributed by atoms with Crippen molar-refractivity contribution in [3.63, 3.8) is 0 Å². The molecule has 7 heteroatoms. The number of nitrogens with one attached hydrogen (secondary N) is 1. The molecule has 0 radical (unpaired) electrons. The highest BCUT2D eigenvalue weighted by Crippen LogP contribution is 2.18. The van der Waals surface area contributed by atoms with E-state index in [2.05, 4.69) is 5.32 Å². The van der Waals surface area contributed by atoms with Crippen LogP contribution in [-0.4, -0.2) is 84.3 Å². The average molecular weight is 310 g/mol. The Morgan fingerprint density at radius 2 is 1.64 bits per heavy atom. The van der Waals surface area contributed by atoms with Crippen LogP contribution >= 0.6 is 0 Å². The van der Waals surface area contributed by atoms with Crippen LogP contribution in [0.25, 0.3) is 0 Å². The van der Waals surface area contributed by atoms with Gasteiger partial charge < -0.3 is 15.1 Å². The molecule has 3 amide bonds. The molecule has 0 unspecified atom stereocenters. The van der Waals surface area contributed by atoms with Gasteiger partial charge in [-0.2, -0.15) is 0 Å². The molecule has 0 atom stereocenters.